The Balaban J connectivity index is 0. The van der Waals surface area contributed by atoms with Crippen LogP contribution in [-0.4, -0.2) is 65.7 Å². The van der Waals surface area contributed by atoms with Crippen LogP contribution in [0.4, 0.5) is 0 Å². The van der Waals surface area contributed by atoms with Crippen LogP contribution in [0.2, 0.25) is 0 Å². The number of hydrogen-bond acceptors (Lipinski definition) is 8. The summed E-state index contributed by atoms with van der Waals surface area (Å²) in [5.41, 5.74) is 0. The van der Waals surface area contributed by atoms with Crippen molar-refractivity contribution in [3.63, 3.8) is 0 Å². The van der Waals surface area contributed by atoms with Gasteiger partial charge in [-0.15, -0.1) is 0 Å². The average molecular weight is 475 g/mol. The Kier molecular flexibility index (Phi) is 13900. The molecule has 0 saturated carbocycles. The van der Waals surface area contributed by atoms with E-state index in [1.54, 1.807) is 0 Å². The molecule has 21 heteroatoms. The second-order valence-corrected chi connectivity index (χ2v) is 0. The van der Waals surface area contributed by atoms with Gasteiger partial charge < -0.3 is 65.7 Å². The van der Waals surface area contributed by atoms with E-state index in [2.05, 4.69) is 0 Å². The van der Waals surface area contributed by atoms with Crippen LogP contribution in [0.1, 0.15) is 0 Å². The molecule has 0 unspecified atom stereocenters. The van der Waals surface area contributed by atoms with Gasteiger partial charge >= 0.3 is 75.4 Å². The fourth-order valence-electron chi connectivity index (χ4n) is 0. The van der Waals surface area contributed by atoms with Gasteiger partial charge in [-0.05, 0) is 0 Å². The number of rotatable bonds is 0. The topological polar surface area (TPSA) is 366 Å². The van der Waals surface area contributed by atoms with E-state index in [1.807, 2.05) is 0 Å². The van der Waals surface area contributed by atoms with Gasteiger partial charge in [0.1, 0.15) is 0 Å². The van der Waals surface area contributed by atoms with Crippen molar-refractivity contribution in [3.8, 4) is 0 Å². The molecule has 0 aliphatic rings. The van der Waals surface area contributed by atoms with Crippen molar-refractivity contribution >= 4 is 0 Å². The molecule has 0 aliphatic heterocycles. The van der Waals surface area contributed by atoms with E-state index in [-0.39, 0.29) is 250 Å². The predicted molar refractivity (Wildman–Crippen MR) is 29.9 cm³/mol. The molecular weight excluding hydrogens is 459 g/mol. The van der Waals surface area contributed by atoms with Crippen molar-refractivity contribution in [2.75, 3.05) is 0 Å². The van der Waals surface area contributed by atoms with Gasteiger partial charge in [-0.1, -0.05) is 0 Å². The molecule has 0 fully saturated rings. The molecule has 0 aromatic rings. The molecule has 0 rings (SSSR count). The smallest absolute Gasteiger partial charge is 0.870 e. The summed E-state index contributed by atoms with van der Waals surface area (Å²) in [6.45, 7) is 0. The first kappa shape index (κ1) is 572. The second-order valence-electron chi connectivity index (χ2n) is 0. The first-order valence-electron chi connectivity index (χ1n) is 0. The van der Waals surface area contributed by atoms with Crippen LogP contribution >= 0.6 is 0 Å². The summed E-state index contributed by atoms with van der Waals surface area (Å²) in [6, 6.07) is 0. The van der Waals surface area contributed by atoms with Crippen LogP contribution in [-0.2, 0) is 109 Å². The molecule has 21 heavy (non-hydrogen) atoms. The monoisotopic (exact) mass is 476 g/mol. The normalized spacial score (nSPS) is 0. The Bertz CT molecular complexity index is 29.6. The molecule has 0 bridgehead atoms. The van der Waals surface area contributed by atoms with Crippen LogP contribution in [0.25, 0.3) is 0 Å². The molecule has 0 atom stereocenters. The van der Waals surface area contributed by atoms with Crippen LogP contribution < -0.4 is 75.4 Å². The van der Waals surface area contributed by atoms with Crippen molar-refractivity contribution in [3.05, 3.63) is 0 Å². The Morgan fingerprint density at radius 2 is 0.190 bits per heavy atom. The van der Waals surface area contributed by atoms with E-state index < -0.39 is 0 Å². The number of hydrogen-bond donors (Lipinski definition) is 0. The SMILES string of the molecule is O.O.O.O.[Li+].[Li+].[Li+].[Li+].[OH-].[OH-].[OH-].[OH-].[OH-].[OH-].[OH-].[OH-].[Ti].[Ti].[Ti].[Ti].[Ti]. The molecule has 0 heterocycles. The molecule has 0 aliphatic carbocycles. The quantitative estimate of drug-likeness (QED) is 0.302. The van der Waals surface area contributed by atoms with Gasteiger partial charge in [0.05, 0.1) is 0 Å². The summed E-state index contributed by atoms with van der Waals surface area (Å²) in [5, 5.41) is 0. The van der Waals surface area contributed by atoms with E-state index in [9.17, 15) is 0 Å². The van der Waals surface area contributed by atoms with Gasteiger partial charge in [0.15, 0.2) is 0 Å². The maximum Gasteiger partial charge on any atom is 1.00 e. The fraction of sp³-hybridized carbons (Fsp3) is 0. The van der Waals surface area contributed by atoms with E-state index in [0.29, 0.717) is 0 Å². The summed E-state index contributed by atoms with van der Waals surface area (Å²) >= 11 is 0. The molecule has 0 saturated heterocycles. The van der Waals surface area contributed by atoms with E-state index >= 15 is 0 Å². The maximum absolute atomic E-state index is 0. The third-order valence-corrected chi connectivity index (χ3v) is 0. The van der Waals surface area contributed by atoms with Gasteiger partial charge in [-0.2, -0.15) is 0 Å². The molecule has 116 valence electrons. The predicted octanol–water partition coefficient (Wildman–Crippen LogP) is -16.7. The van der Waals surface area contributed by atoms with Crippen molar-refractivity contribution in [2.45, 2.75) is 0 Å². The van der Waals surface area contributed by atoms with Crippen LogP contribution in [0.3, 0.4) is 0 Å². The molecule has 0 amide bonds. The second kappa shape index (κ2) is 508. The van der Waals surface area contributed by atoms with Crippen molar-refractivity contribution in [1.82, 2.24) is 0 Å². The summed E-state index contributed by atoms with van der Waals surface area (Å²) < 4.78 is 0. The van der Waals surface area contributed by atoms with Gasteiger partial charge in [-0.3, -0.25) is 0 Å². The standard InChI is InChI=1S/4Li.12H2O.5Ti/h;;;;12*1H2;;;;;/q4*+1;;;;;;;;;;;;;;;;;/p-8. The Morgan fingerprint density at radius 1 is 0.190 bits per heavy atom. The van der Waals surface area contributed by atoms with Gasteiger partial charge in [0, 0.05) is 109 Å². The van der Waals surface area contributed by atoms with E-state index in [0.717, 1.165) is 0 Å². The zero-order chi connectivity index (χ0) is 0. The molecular formula is H16Li4O12Ti5-4. The van der Waals surface area contributed by atoms with Crippen molar-refractivity contribution in [2.24, 2.45) is 0 Å². The summed E-state index contributed by atoms with van der Waals surface area (Å²) in [6.07, 6.45) is 0. The minimum absolute atomic E-state index is 0. The Labute approximate surface area is 245 Å². The Hall–Kier alpha value is 5.48. The molecule has 0 aromatic heterocycles. The summed E-state index contributed by atoms with van der Waals surface area (Å²) in [4.78, 5) is 0. The van der Waals surface area contributed by atoms with Crippen molar-refractivity contribution in [1.29, 1.82) is 0 Å². The minimum Gasteiger partial charge on any atom is -0.870 e. The third-order valence-electron chi connectivity index (χ3n) is 0. The average Bonchev–Trinajstić information content (AvgIpc) is 0. The molecule has 0 spiro atoms. The first-order valence-corrected chi connectivity index (χ1v) is 0. The van der Waals surface area contributed by atoms with Gasteiger partial charge in [0.25, 0.3) is 0 Å². The summed E-state index contributed by atoms with van der Waals surface area (Å²) in [5.74, 6) is 0. The van der Waals surface area contributed by atoms with E-state index in [1.165, 1.54) is 0 Å². The van der Waals surface area contributed by atoms with Crippen LogP contribution in [0, 0.1) is 0 Å². The zero-order valence-electron chi connectivity index (χ0n) is 12.1. The van der Waals surface area contributed by atoms with Crippen molar-refractivity contribution < 1.29 is 250 Å². The van der Waals surface area contributed by atoms with E-state index in [4.69, 9.17) is 0 Å². The minimum atomic E-state index is 0. The van der Waals surface area contributed by atoms with Crippen LogP contribution in [0.5, 0.6) is 0 Å². The summed E-state index contributed by atoms with van der Waals surface area (Å²) in [7, 11) is 0. The largest absolute Gasteiger partial charge is 1.00 e. The zero-order valence-corrected chi connectivity index (χ0v) is 19.9. The molecule has 0 radical (unpaired) electrons. The fourth-order valence-corrected chi connectivity index (χ4v) is 0. The van der Waals surface area contributed by atoms with Gasteiger partial charge in [-0.25, -0.2) is 0 Å². The molecule has 12 nitrogen and oxygen atoms in total. The first-order chi connectivity index (χ1) is 0. The maximum atomic E-state index is 0. The third kappa shape index (κ3) is 468. The molecule has 16 N–H and O–H groups in total. The van der Waals surface area contributed by atoms with Crippen LogP contribution in [0.15, 0.2) is 0 Å². The molecule has 0 aromatic carbocycles. The van der Waals surface area contributed by atoms with Gasteiger partial charge in [0.2, 0.25) is 0 Å². The Morgan fingerprint density at radius 3 is 0.190 bits per heavy atom.